The zero-order chi connectivity index (χ0) is 20.9. The van der Waals surface area contributed by atoms with Gasteiger partial charge in [0.15, 0.2) is 0 Å². The summed E-state index contributed by atoms with van der Waals surface area (Å²) >= 11 is 0. The summed E-state index contributed by atoms with van der Waals surface area (Å²) in [6, 6.07) is 10.4. The van der Waals surface area contributed by atoms with Crippen LogP contribution in [-0.4, -0.2) is 70.9 Å². The van der Waals surface area contributed by atoms with Crippen LogP contribution in [0.1, 0.15) is 34.5 Å². The van der Waals surface area contributed by atoms with Crippen molar-refractivity contribution in [2.75, 3.05) is 32.1 Å². The number of aliphatic hydroxyl groups excluding tert-OH is 1. The molecular formula is C22H29N5O3. The number of nitrogens with zero attached hydrogens (tertiary/aromatic N) is 3. The lowest BCUT2D eigenvalue weighted by Crippen LogP contribution is -2.42. The molecule has 8 heteroatoms. The van der Waals surface area contributed by atoms with Gasteiger partial charge in [0, 0.05) is 45.4 Å². The van der Waals surface area contributed by atoms with Crippen molar-refractivity contribution in [2.45, 2.75) is 44.1 Å². The molecule has 2 aromatic rings. The summed E-state index contributed by atoms with van der Waals surface area (Å²) in [5.74, 6) is 0.314. The first-order valence-corrected chi connectivity index (χ1v) is 10.5. The molecule has 0 bridgehead atoms. The Hall–Kier alpha value is -2.55. The largest absolute Gasteiger partial charge is 0.390 e. The number of amides is 1. The third-order valence-corrected chi connectivity index (χ3v) is 5.86. The number of carbonyl (C=O) groups excluding carboxylic acids is 1. The third kappa shape index (κ3) is 5.13. The quantitative estimate of drug-likeness (QED) is 0.600. The lowest BCUT2D eigenvalue weighted by atomic mass is 9.89. The Morgan fingerprint density at radius 3 is 2.90 bits per heavy atom. The van der Waals surface area contributed by atoms with Gasteiger partial charge in [-0.15, -0.1) is 0 Å². The molecule has 1 aliphatic heterocycles. The summed E-state index contributed by atoms with van der Waals surface area (Å²) in [6.45, 7) is 2.44. The van der Waals surface area contributed by atoms with Gasteiger partial charge in [-0.25, -0.2) is 9.97 Å². The molecule has 1 saturated carbocycles. The number of anilines is 1. The number of fused-ring (bicyclic) bond motifs is 1. The fourth-order valence-electron chi connectivity index (χ4n) is 4.02. The first-order chi connectivity index (χ1) is 14.6. The van der Waals surface area contributed by atoms with Gasteiger partial charge in [-0.2, -0.15) is 0 Å². The maximum atomic E-state index is 12.5. The molecule has 2 heterocycles. The number of rotatable bonds is 8. The number of ether oxygens (including phenoxy) is 1. The Morgan fingerprint density at radius 1 is 1.30 bits per heavy atom. The van der Waals surface area contributed by atoms with E-state index in [4.69, 9.17) is 4.74 Å². The second-order valence-electron chi connectivity index (χ2n) is 8.08. The van der Waals surface area contributed by atoms with E-state index in [-0.39, 0.29) is 18.1 Å². The Kier molecular flexibility index (Phi) is 6.56. The van der Waals surface area contributed by atoms with Crippen molar-refractivity contribution < 1.29 is 14.6 Å². The molecule has 1 aromatic heterocycles. The minimum atomic E-state index is -0.639. The molecule has 0 radical (unpaired) electrons. The number of β-amino-alcohol motifs (C(OH)–C–C–N with tert-alkyl or cyclic N) is 1. The molecule has 160 valence electrons. The first-order valence-electron chi connectivity index (χ1n) is 10.5. The zero-order valence-corrected chi connectivity index (χ0v) is 17.3. The van der Waals surface area contributed by atoms with Gasteiger partial charge < -0.3 is 20.5 Å². The van der Waals surface area contributed by atoms with E-state index in [1.54, 1.807) is 13.2 Å². The molecule has 2 aliphatic rings. The van der Waals surface area contributed by atoms with E-state index in [9.17, 15) is 9.90 Å². The molecule has 3 N–H and O–H groups in total. The predicted molar refractivity (Wildman–Crippen MR) is 113 cm³/mol. The molecular weight excluding hydrogens is 382 g/mol. The van der Waals surface area contributed by atoms with Gasteiger partial charge in [-0.3, -0.25) is 9.69 Å². The van der Waals surface area contributed by atoms with Crippen LogP contribution in [0, 0.1) is 0 Å². The Bertz CT molecular complexity index is 871. The van der Waals surface area contributed by atoms with Crippen molar-refractivity contribution in [1.29, 1.82) is 0 Å². The van der Waals surface area contributed by atoms with Crippen molar-refractivity contribution >= 4 is 11.7 Å². The first kappa shape index (κ1) is 20.7. The second-order valence-corrected chi connectivity index (χ2v) is 8.08. The standard InChI is InChI=1S/C22H29N5O3/c1-30-19-8-17(9-19)26-21-10-20(24-14-25-21)22(29)23-11-18(28)13-27-7-6-15-4-2-3-5-16(15)12-27/h2-5,10,14,17-19,28H,6-9,11-13H2,1H3,(H,23,29)(H,24,25,26)/t17?,18-,19?/m0/s1. The molecule has 4 rings (SSSR count). The van der Waals surface area contributed by atoms with E-state index in [0.717, 1.165) is 32.4 Å². The highest BCUT2D eigenvalue weighted by molar-refractivity contribution is 5.92. The Balaban J connectivity index is 1.23. The van der Waals surface area contributed by atoms with Crippen LogP contribution >= 0.6 is 0 Å². The summed E-state index contributed by atoms with van der Waals surface area (Å²) in [7, 11) is 1.71. The molecule has 1 fully saturated rings. The molecule has 30 heavy (non-hydrogen) atoms. The highest BCUT2D eigenvalue weighted by atomic mass is 16.5. The van der Waals surface area contributed by atoms with Crippen molar-refractivity contribution in [1.82, 2.24) is 20.2 Å². The number of benzene rings is 1. The average Bonchev–Trinajstić information content (AvgIpc) is 2.74. The van der Waals surface area contributed by atoms with Crippen LogP contribution in [0.4, 0.5) is 5.82 Å². The predicted octanol–water partition coefficient (Wildman–Crippen LogP) is 1.21. The van der Waals surface area contributed by atoms with Crippen LogP contribution in [0.15, 0.2) is 36.7 Å². The maximum absolute atomic E-state index is 12.5. The third-order valence-electron chi connectivity index (χ3n) is 5.86. The zero-order valence-electron chi connectivity index (χ0n) is 17.3. The van der Waals surface area contributed by atoms with Gasteiger partial charge in [-0.1, -0.05) is 24.3 Å². The van der Waals surface area contributed by atoms with Crippen LogP contribution in [0.5, 0.6) is 0 Å². The van der Waals surface area contributed by atoms with Crippen molar-refractivity contribution in [2.24, 2.45) is 0 Å². The minimum Gasteiger partial charge on any atom is -0.390 e. The van der Waals surface area contributed by atoms with Gasteiger partial charge in [0.05, 0.1) is 12.2 Å². The van der Waals surface area contributed by atoms with Crippen LogP contribution in [0.3, 0.4) is 0 Å². The topological polar surface area (TPSA) is 99.6 Å². The number of nitrogens with one attached hydrogen (secondary N) is 2. The second kappa shape index (κ2) is 9.51. The average molecular weight is 412 g/mol. The summed E-state index contributed by atoms with van der Waals surface area (Å²) < 4.78 is 5.28. The SMILES string of the molecule is COC1CC(Nc2cc(C(=O)NC[C@H](O)CN3CCc4ccccc4C3)ncn2)C1. The molecule has 1 aliphatic carbocycles. The highest BCUT2D eigenvalue weighted by Gasteiger charge is 2.29. The highest BCUT2D eigenvalue weighted by Crippen LogP contribution is 2.25. The van der Waals surface area contributed by atoms with Gasteiger partial charge in [0.25, 0.3) is 5.91 Å². The van der Waals surface area contributed by atoms with Gasteiger partial charge in [0.1, 0.15) is 17.8 Å². The van der Waals surface area contributed by atoms with Crippen LogP contribution in [-0.2, 0) is 17.7 Å². The lowest BCUT2D eigenvalue weighted by Gasteiger charge is -2.34. The van der Waals surface area contributed by atoms with Crippen LogP contribution in [0.2, 0.25) is 0 Å². The van der Waals surface area contributed by atoms with E-state index >= 15 is 0 Å². The molecule has 1 aromatic carbocycles. The van der Waals surface area contributed by atoms with E-state index in [1.165, 1.54) is 17.5 Å². The smallest absolute Gasteiger partial charge is 0.270 e. The molecule has 1 atom stereocenters. The van der Waals surface area contributed by atoms with Crippen molar-refractivity contribution in [3.8, 4) is 0 Å². The molecule has 1 amide bonds. The van der Waals surface area contributed by atoms with Crippen molar-refractivity contribution in [3.05, 3.63) is 53.5 Å². The fraction of sp³-hybridized carbons (Fsp3) is 0.500. The van der Waals surface area contributed by atoms with Crippen LogP contribution < -0.4 is 10.6 Å². The number of hydrogen-bond donors (Lipinski definition) is 3. The molecule has 0 unspecified atom stereocenters. The number of aromatic nitrogens is 2. The Labute approximate surface area is 176 Å². The number of hydrogen-bond acceptors (Lipinski definition) is 7. The van der Waals surface area contributed by atoms with E-state index in [2.05, 4.69) is 43.7 Å². The summed E-state index contributed by atoms with van der Waals surface area (Å²) in [4.78, 5) is 22.9. The summed E-state index contributed by atoms with van der Waals surface area (Å²) in [5, 5.41) is 16.5. The summed E-state index contributed by atoms with van der Waals surface area (Å²) in [5.41, 5.74) is 2.97. The Morgan fingerprint density at radius 2 is 2.10 bits per heavy atom. The lowest BCUT2D eigenvalue weighted by molar-refractivity contribution is 0.0328. The number of aliphatic hydroxyl groups is 1. The van der Waals surface area contributed by atoms with Crippen molar-refractivity contribution in [3.63, 3.8) is 0 Å². The fourth-order valence-corrected chi connectivity index (χ4v) is 4.02. The molecule has 8 nitrogen and oxygen atoms in total. The minimum absolute atomic E-state index is 0.182. The number of carbonyl (C=O) groups is 1. The van der Waals surface area contributed by atoms with E-state index < -0.39 is 6.10 Å². The molecule has 0 saturated heterocycles. The normalized spacial score (nSPS) is 21.9. The maximum Gasteiger partial charge on any atom is 0.270 e. The van der Waals surface area contributed by atoms with Gasteiger partial charge in [0.2, 0.25) is 0 Å². The monoisotopic (exact) mass is 411 g/mol. The van der Waals surface area contributed by atoms with Gasteiger partial charge >= 0.3 is 0 Å². The summed E-state index contributed by atoms with van der Waals surface area (Å²) in [6.07, 6.45) is 3.87. The van der Waals surface area contributed by atoms with Gasteiger partial charge in [-0.05, 0) is 30.4 Å². The number of methoxy groups -OCH3 is 1. The molecule has 0 spiro atoms. The van der Waals surface area contributed by atoms with E-state index in [0.29, 0.717) is 24.5 Å². The van der Waals surface area contributed by atoms with E-state index in [1.807, 2.05) is 6.07 Å². The van der Waals surface area contributed by atoms with Crippen LogP contribution in [0.25, 0.3) is 0 Å².